The molecule has 0 spiro atoms. The highest BCUT2D eigenvalue weighted by atomic mass is 35.5. The largest absolute Gasteiger partial charge is 0.454 e. The predicted octanol–water partition coefficient (Wildman–Crippen LogP) is 2.66. The van der Waals surface area contributed by atoms with Gasteiger partial charge in [0, 0.05) is 23.5 Å². The molecule has 0 saturated heterocycles. The van der Waals surface area contributed by atoms with Gasteiger partial charge in [0.05, 0.1) is 11.3 Å². The minimum atomic E-state index is -4.19. The molecule has 32 heavy (non-hydrogen) atoms. The van der Waals surface area contributed by atoms with E-state index in [1.54, 1.807) is 18.2 Å². The summed E-state index contributed by atoms with van der Waals surface area (Å²) in [6.07, 6.45) is 0. The Bertz CT molecular complexity index is 1270. The smallest absolute Gasteiger partial charge is 0.289 e. The molecule has 0 unspecified atom stereocenters. The second-order valence-corrected chi connectivity index (χ2v) is 8.65. The summed E-state index contributed by atoms with van der Waals surface area (Å²) >= 11 is 6.11. The number of nitrogens with zero attached hydrogens (tertiary/aromatic N) is 2. The number of hydrogen-bond acceptors (Lipinski definition) is 8. The first-order valence-electron chi connectivity index (χ1n) is 9.11. The molecule has 10 nitrogen and oxygen atoms in total. The minimum absolute atomic E-state index is 0. The molecule has 0 aliphatic carbocycles. The Hall–Kier alpha value is -2.86. The lowest BCUT2D eigenvalue weighted by atomic mass is 10.2. The maximum absolute atomic E-state index is 12.4. The third-order valence-electron chi connectivity index (χ3n) is 4.40. The number of anilines is 1. The van der Waals surface area contributed by atoms with E-state index in [2.05, 4.69) is 20.6 Å². The van der Waals surface area contributed by atoms with E-state index in [-0.39, 0.29) is 31.6 Å². The number of amides is 1. The van der Waals surface area contributed by atoms with Crippen LogP contribution >= 0.6 is 24.0 Å². The van der Waals surface area contributed by atoms with Gasteiger partial charge in [0.25, 0.3) is 16.0 Å². The van der Waals surface area contributed by atoms with Crippen molar-refractivity contribution >= 4 is 56.8 Å². The van der Waals surface area contributed by atoms with Gasteiger partial charge in [-0.05, 0) is 35.9 Å². The highest BCUT2D eigenvalue weighted by molar-refractivity contribution is 7.85. The normalized spacial score (nSPS) is 12.3. The quantitative estimate of drug-likeness (QED) is 0.417. The topological polar surface area (TPSA) is 140 Å². The standard InChI is InChI=1S/C19H17ClN4O6S.ClH/c20-12-2-3-14-13(8-12)17(22-9-11-1-4-15-16(7-11)30-10-29-15)24-18(23-14)19(25)21-5-6-31(26,27)28;/h1-4,7-8H,5-6,9-10H2,(H,21,25)(H,22,23,24)(H,26,27,28);1H. The number of hydrogen-bond donors (Lipinski definition) is 3. The summed E-state index contributed by atoms with van der Waals surface area (Å²) in [6, 6.07) is 10.5. The zero-order valence-corrected chi connectivity index (χ0v) is 18.8. The summed E-state index contributed by atoms with van der Waals surface area (Å²) in [4.78, 5) is 20.9. The lowest BCUT2D eigenvalue weighted by molar-refractivity contribution is 0.0946. The molecule has 0 radical (unpaired) electrons. The first-order chi connectivity index (χ1) is 14.8. The SMILES string of the molecule is Cl.O=C(NCCS(=O)(=O)O)c1nc(NCc2ccc3c(c2)OCO3)c2cc(Cl)ccc2n1. The number of aromatic nitrogens is 2. The van der Waals surface area contributed by atoms with Crippen LogP contribution in [0, 0.1) is 0 Å². The fourth-order valence-electron chi connectivity index (χ4n) is 2.95. The maximum Gasteiger partial charge on any atom is 0.289 e. The number of ether oxygens (including phenoxy) is 2. The van der Waals surface area contributed by atoms with Gasteiger partial charge in [0.15, 0.2) is 11.5 Å². The average Bonchev–Trinajstić information content (AvgIpc) is 3.18. The molecular formula is C19H18Cl2N4O6S. The van der Waals surface area contributed by atoms with E-state index in [0.29, 0.717) is 39.8 Å². The molecule has 1 aromatic heterocycles. The number of halogens is 2. The van der Waals surface area contributed by atoms with Crippen molar-refractivity contribution in [2.75, 3.05) is 24.4 Å². The molecule has 2 heterocycles. The van der Waals surface area contributed by atoms with E-state index < -0.39 is 21.8 Å². The zero-order valence-electron chi connectivity index (χ0n) is 16.4. The molecule has 2 aromatic carbocycles. The van der Waals surface area contributed by atoms with E-state index in [0.717, 1.165) is 5.56 Å². The molecule has 170 valence electrons. The Kier molecular flexibility index (Phi) is 7.24. The number of nitrogens with one attached hydrogen (secondary N) is 2. The van der Waals surface area contributed by atoms with Crippen LogP contribution in [0.25, 0.3) is 10.9 Å². The lowest BCUT2D eigenvalue weighted by Crippen LogP contribution is -2.30. The van der Waals surface area contributed by atoms with Gasteiger partial charge in [0.1, 0.15) is 5.82 Å². The average molecular weight is 501 g/mol. The summed E-state index contributed by atoms with van der Waals surface area (Å²) in [5, 5.41) is 6.64. The maximum atomic E-state index is 12.4. The van der Waals surface area contributed by atoms with Crippen LogP contribution < -0.4 is 20.1 Å². The van der Waals surface area contributed by atoms with E-state index in [9.17, 15) is 13.2 Å². The zero-order chi connectivity index (χ0) is 22.0. The van der Waals surface area contributed by atoms with Gasteiger partial charge in [-0.2, -0.15) is 8.42 Å². The highest BCUT2D eigenvalue weighted by Crippen LogP contribution is 2.33. The van der Waals surface area contributed by atoms with Crippen LogP contribution in [0.5, 0.6) is 11.5 Å². The van der Waals surface area contributed by atoms with E-state index in [1.807, 2.05) is 18.2 Å². The molecular weight excluding hydrogens is 483 g/mol. The molecule has 3 aromatic rings. The van der Waals surface area contributed by atoms with Crippen molar-refractivity contribution in [2.24, 2.45) is 0 Å². The third-order valence-corrected chi connectivity index (χ3v) is 5.36. The van der Waals surface area contributed by atoms with Gasteiger partial charge >= 0.3 is 0 Å². The van der Waals surface area contributed by atoms with Gasteiger partial charge in [-0.1, -0.05) is 17.7 Å². The highest BCUT2D eigenvalue weighted by Gasteiger charge is 2.17. The predicted molar refractivity (Wildman–Crippen MR) is 120 cm³/mol. The van der Waals surface area contributed by atoms with Crippen molar-refractivity contribution < 1.29 is 27.2 Å². The van der Waals surface area contributed by atoms with Crippen molar-refractivity contribution in [1.29, 1.82) is 0 Å². The van der Waals surface area contributed by atoms with Crippen molar-refractivity contribution in [2.45, 2.75) is 6.54 Å². The van der Waals surface area contributed by atoms with Crippen LogP contribution in [-0.4, -0.2) is 47.9 Å². The minimum Gasteiger partial charge on any atom is -0.454 e. The van der Waals surface area contributed by atoms with Crippen LogP contribution in [0.2, 0.25) is 5.02 Å². The molecule has 1 aliphatic heterocycles. The van der Waals surface area contributed by atoms with E-state index in [1.165, 1.54) is 0 Å². The second-order valence-electron chi connectivity index (χ2n) is 6.64. The first kappa shape index (κ1) is 23.8. The summed E-state index contributed by atoms with van der Waals surface area (Å²) in [7, 11) is -4.19. The number of rotatable bonds is 7. The fraction of sp³-hybridized carbons (Fsp3) is 0.211. The summed E-state index contributed by atoms with van der Waals surface area (Å²) in [6.45, 7) is 0.274. The molecule has 0 fully saturated rings. The summed E-state index contributed by atoms with van der Waals surface area (Å²) < 4.78 is 41.2. The third kappa shape index (κ3) is 5.68. The monoisotopic (exact) mass is 500 g/mol. The molecule has 4 rings (SSSR count). The molecule has 0 saturated carbocycles. The number of carbonyl (C=O) groups is 1. The van der Waals surface area contributed by atoms with Gasteiger partial charge in [-0.25, -0.2) is 9.97 Å². The molecule has 1 aliphatic rings. The first-order valence-corrected chi connectivity index (χ1v) is 11.1. The Morgan fingerprint density at radius 3 is 2.69 bits per heavy atom. The molecule has 1 amide bonds. The van der Waals surface area contributed by atoms with Crippen LogP contribution in [0.3, 0.4) is 0 Å². The summed E-state index contributed by atoms with van der Waals surface area (Å²) in [5.74, 6) is 0.257. The van der Waals surface area contributed by atoms with E-state index >= 15 is 0 Å². The lowest BCUT2D eigenvalue weighted by Gasteiger charge is -2.12. The Balaban J connectivity index is 0.00000289. The van der Waals surface area contributed by atoms with Gasteiger partial charge < -0.3 is 20.1 Å². The van der Waals surface area contributed by atoms with Crippen molar-refractivity contribution in [1.82, 2.24) is 15.3 Å². The van der Waals surface area contributed by atoms with Crippen LogP contribution in [-0.2, 0) is 16.7 Å². The molecule has 0 atom stereocenters. The van der Waals surface area contributed by atoms with Gasteiger partial charge in [-0.15, -0.1) is 12.4 Å². The Labute approximate surface area is 194 Å². The van der Waals surface area contributed by atoms with Crippen LogP contribution in [0.4, 0.5) is 5.82 Å². The van der Waals surface area contributed by atoms with Crippen molar-refractivity contribution in [3.8, 4) is 11.5 Å². The number of benzene rings is 2. The van der Waals surface area contributed by atoms with Crippen LogP contribution in [0.1, 0.15) is 16.2 Å². The Morgan fingerprint density at radius 1 is 1.12 bits per heavy atom. The number of carbonyl (C=O) groups excluding carboxylic acids is 1. The van der Waals surface area contributed by atoms with E-state index in [4.69, 9.17) is 25.6 Å². The second kappa shape index (κ2) is 9.74. The van der Waals surface area contributed by atoms with Gasteiger partial charge in [0.2, 0.25) is 12.6 Å². The van der Waals surface area contributed by atoms with Crippen LogP contribution in [0.15, 0.2) is 36.4 Å². The molecule has 0 bridgehead atoms. The van der Waals surface area contributed by atoms with Crippen molar-refractivity contribution in [3.05, 3.63) is 52.8 Å². The number of fused-ring (bicyclic) bond motifs is 2. The molecule has 13 heteroatoms. The fourth-order valence-corrected chi connectivity index (χ4v) is 3.48. The summed E-state index contributed by atoms with van der Waals surface area (Å²) in [5.41, 5.74) is 1.38. The van der Waals surface area contributed by atoms with Crippen molar-refractivity contribution in [3.63, 3.8) is 0 Å². The molecule has 3 N–H and O–H groups in total. The van der Waals surface area contributed by atoms with Gasteiger partial charge in [-0.3, -0.25) is 9.35 Å². The Morgan fingerprint density at radius 2 is 1.91 bits per heavy atom.